The predicted molar refractivity (Wildman–Crippen MR) is 150 cm³/mol. The number of aliphatic hydroxyl groups is 1. The van der Waals surface area contributed by atoms with Gasteiger partial charge in [-0.15, -0.1) is 0 Å². The van der Waals surface area contributed by atoms with E-state index in [1.165, 1.54) is 16.7 Å². The molecule has 1 unspecified atom stereocenters. The fourth-order valence-corrected chi connectivity index (χ4v) is 5.89. The lowest BCUT2D eigenvalue weighted by atomic mass is 9.85. The minimum absolute atomic E-state index is 0.0979. The number of nitrogens with zero attached hydrogens (tertiary/aromatic N) is 4. The number of carbonyl (C=O) groups excluding carboxylic acids is 1. The number of aromatic nitrogens is 2. The Hall–Kier alpha value is -2.93. The lowest BCUT2D eigenvalue weighted by molar-refractivity contribution is -0.137. The molecule has 0 radical (unpaired) electrons. The molecule has 204 valence electrons. The monoisotopic (exact) mass is 518 g/mol. The summed E-state index contributed by atoms with van der Waals surface area (Å²) in [5.74, 6) is 3.07. The molecule has 3 heterocycles. The Kier molecular flexibility index (Phi) is 8.94. The Morgan fingerprint density at radius 3 is 2.26 bits per heavy atom. The first-order valence-electron chi connectivity index (χ1n) is 14.5. The third-order valence-corrected chi connectivity index (χ3v) is 8.65. The molecule has 2 saturated heterocycles. The average molecular weight is 519 g/mol. The average Bonchev–Trinajstić information content (AvgIpc) is 3.00. The lowest BCUT2D eigenvalue weighted by Crippen LogP contribution is -2.42. The second-order valence-electron chi connectivity index (χ2n) is 11.2. The van der Waals surface area contributed by atoms with Crippen LogP contribution in [-0.4, -0.2) is 65.3 Å². The Morgan fingerprint density at radius 2 is 1.66 bits per heavy atom. The molecule has 2 aliphatic heterocycles. The molecule has 2 aromatic rings. The maximum Gasteiger partial charge on any atom is 0.226 e. The van der Waals surface area contributed by atoms with Gasteiger partial charge >= 0.3 is 0 Å². The molecule has 1 aliphatic carbocycles. The van der Waals surface area contributed by atoms with Crippen molar-refractivity contribution in [1.82, 2.24) is 14.9 Å². The summed E-state index contributed by atoms with van der Waals surface area (Å²) in [6.45, 7) is 6.62. The van der Waals surface area contributed by atoms with Crippen LogP contribution < -0.4 is 9.64 Å². The molecule has 7 heteroatoms. The minimum Gasteiger partial charge on any atom is -0.493 e. The van der Waals surface area contributed by atoms with E-state index in [0.29, 0.717) is 17.7 Å². The highest BCUT2D eigenvalue weighted by molar-refractivity contribution is 5.81. The zero-order chi connectivity index (χ0) is 26.3. The second-order valence-corrected chi connectivity index (χ2v) is 11.2. The topological polar surface area (TPSA) is 78.8 Å². The summed E-state index contributed by atoms with van der Waals surface area (Å²) >= 11 is 0. The van der Waals surface area contributed by atoms with Crippen LogP contribution in [0, 0.1) is 17.8 Å². The summed E-state index contributed by atoms with van der Waals surface area (Å²) in [5, 5.41) is 9.34. The van der Waals surface area contributed by atoms with Gasteiger partial charge in [0.25, 0.3) is 0 Å². The number of carbonyl (C=O) groups is 1. The zero-order valence-corrected chi connectivity index (χ0v) is 22.7. The third kappa shape index (κ3) is 6.55. The summed E-state index contributed by atoms with van der Waals surface area (Å²) in [5.41, 5.74) is 3.74. The van der Waals surface area contributed by atoms with E-state index in [1.807, 2.05) is 17.3 Å². The van der Waals surface area contributed by atoms with E-state index in [4.69, 9.17) is 4.74 Å². The summed E-state index contributed by atoms with van der Waals surface area (Å²) in [6.07, 6.45) is 13.8. The normalized spacial score (nSPS) is 21.3. The predicted octanol–water partition coefficient (Wildman–Crippen LogP) is 4.75. The van der Waals surface area contributed by atoms with Crippen molar-refractivity contribution in [1.29, 1.82) is 0 Å². The van der Waals surface area contributed by atoms with Gasteiger partial charge in [-0.1, -0.05) is 25.1 Å². The Bertz CT molecular complexity index is 1070. The van der Waals surface area contributed by atoms with Crippen molar-refractivity contribution in [2.24, 2.45) is 17.8 Å². The number of likely N-dealkylation sites (tertiary alicyclic amines) is 1. The summed E-state index contributed by atoms with van der Waals surface area (Å²) < 4.78 is 6.16. The van der Waals surface area contributed by atoms with Crippen LogP contribution in [0.1, 0.15) is 63.0 Å². The quantitative estimate of drug-likeness (QED) is 0.543. The van der Waals surface area contributed by atoms with E-state index in [1.54, 1.807) is 0 Å². The number of rotatable bonds is 8. The van der Waals surface area contributed by atoms with Gasteiger partial charge in [-0.2, -0.15) is 0 Å². The lowest BCUT2D eigenvalue weighted by Gasteiger charge is -2.34. The highest BCUT2D eigenvalue weighted by Gasteiger charge is 2.29. The number of piperidine rings is 2. The highest BCUT2D eigenvalue weighted by atomic mass is 16.5. The van der Waals surface area contributed by atoms with Gasteiger partial charge in [0.15, 0.2) is 0 Å². The van der Waals surface area contributed by atoms with Gasteiger partial charge < -0.3 is 19.6 Å². The van der Waals surface area contributed by atoms with Gasteiger partial charge in [-0.25, -0.2) is 9.97 Å². The number of hydrogen-bond donors (Lipinski definition) is 1. The van der Waals surface area contributed by atoms with Crippen LogP contribution in [0.5, 0.6) is 5.75 Å². The van der Waals surface area contributed by atoms with Gasteiger partial charge in [0, 0.05) is 51.1 Å². The molecule has 3 aliphatic rings. The van der Waals surface area contributed by atoms with E-state index in [0.717, 1.165) is 95.9 Å². The molecule has 38 heavy (non-hydrogen) atoms. The van der Waals surface area contributed by atoms with Crippen LogP contribution >= 0.6 is 0 Å². The molecule has 1 aromatic carbocycles. The Labute approximate surface area is 226 Å². The molecular formula is C31H42N4O3. The minimum atomic E-state index is 0.0979. The number of hydrogen-bond acceptors (Lipinski definition) is 6. The Balaban J connectivity index is 1.05. The highest BCUT2D eigenvalue weighted by Crippen LogP contribution is 2.33. The van der Waals surface area contributed by atoms with E-state index in [9.17, 15) is 9.90 Å². The Morgan fingerprint density at radius 1 is 0.974 bits per heavy atom. The van der Waals surface area contributed by atoms with Gasteiger partial charge in [-0.3, -0.25) is 4.79 Å². The van der Waals surface area contributed by atoms with Crippen LogP contribution in [0.15, 0.2) is 42.7 Å². The number of aliphatic hydroxyl groups excluding tert-OH is 1. The molecule has 1 atom stereocenters. The largest absolute Gasteiger partial charge is 0.493 e. The fourth-order valence-electron chi connectivity index (χ4n) is 5.89. The molecule has 1 aromatic heterocycles. The molecule has 0 bridgehead atoms. The van der Waals surface area contributed by atoms with Crippen molar-refractivity contribution in [3.63, 3.8) is 0 Å². The van der Waals surface area contributed by atoms with Crippen LogP contribution in [-0.2, 0) is 11.2 Å². The molecule has 2 fully saturated rings. The van der Waals surface area contributed by atoms with Crippen LogP contribution in [0.25, 0.3) is 5.57 Å². The van der Waals surface area contributed by atoms with Crippen molar-refractivity contribution in [3.05, 3.63) is 53.9 Å². The molecular weight excluding hydrogens is 476 g/mol. The smallest absolute Gasteiger partial charge is 0.226 e. The first kappa shape index (κ1) is 26.7. The fraction of sp³-hybridized carbons (Fsp3) is 0.581. The van der Waals surface area contributed by atoms with Gasteiger partial charge in [-0.05, 0) is 92.0 Å². The molecule has 5 rings (SSSR count). The summed E-state index contributed by atoms with van der Waals surface area (Å²) in [7, 11) is 0. The van der Waals surface area contributed by atoms with Crippen LogP contribution in [0.3, 0.4) is 0 Å². The van der Waals surface area contributed by atoms with Gasteiger partial charge in [0.05, 0.1) is 6.61 Å². The summed E-state index contributed by atoms with van der Waals surface area (Å²) in [4.78, 5) is 26.3. The van der Waals surface area contributed by atoms with Crippen LogP contribution in [0.2, 0.25) is 0 Å². The number of anilines is 1. The second kappa shape index (κ2) is 12.7. The number of aryl methyl sites for hydroxylation is 1. The van der Waals surface area contributed by atoms with E-state index < -0.39 is 0 Å². The third-order valence-electron chi connectivity index (χ3n) is 8.65. The first-order valence-corrected chi connectivity index (χ1v) is 14.5. The van der Waals surface area contributed by atoms with Crippen molar-refractivity contribution in [3.8, 4) is 5.75 Å². The number of allylic oxidation sites excluding steroid dienone is 2. The molecule has 0 saturated carbocycles. The molecule has 7 nitrogen and oxygen atoms in total. The van der Waals surface area contributed by atoms with E-state index in [-0.39, 0.29) is 12.5 Å². The van der Waals surface area contributed by atoms with Gasteiger partial charge in [0.2, 0.25) is 11.9 Å². The van der Waals surface area contributed by atoms with Crippen molar-refractivity contribution < 1.29 is 14.6 Å². The standard InChI is InChI=1S/C31H42N4O3/c1-2-23-19-32-31(33-20-23)35-17-13-25(14-18-35)22-38-29-9-7-27(8-10-29)26-3-5-28(6-4-26)30(37)34-15-11-24(21-36)12-16-34/h3,7-10,19-20,24-25,28,36H,2,4-6,11-18,21-22H2,1H3. The first-order chi connectivity index (χ1) is 18.6. The maximum absolute atomic E-state index is 13.0. The molecule has 1 N–H and O–H groups in total. The zero-order valence-electron chi connectivity index (χ0n) is 22.7. The van der Waals surface area contributed by atoms with E-state index >= 15 is 0 Å². The molecule has 0 spiro atoms. The summed E-state index contributed by atoms with van der Waals surface area (Å²) in [6, 6.07) is 8.47. The maximum atomic E-state index is 13.0. The van der Waals surface area contributed by atoms with Crippen molar-refractivity contribution in [2.45, 2.75) is 58.3 Å². The number of amides is 1. The van der Waals surface area contributed by atoms with Crippen LogP contribution in [0.4, 0.5) is 5.95 Å². The van der Waals surface area contributed by atoms with Gasteiger partial charge in [0.1, 0.15) is 5.75 Å². The SMILES string of the molecule is CCc1cnc(N2CCC(COc3ccc(C4=CCC(C(=O)N5CCC(CO)CC5)CC4)cc3)CC2)nc1. The van der Waals surface area contributed by atoms with E-state index in [2.05, 4.69) is 52.1 Å². The number of ether oxygens (including phenoxy) is 1. The number of benzene rings is 1. The molecule has 1 amide bonds. The van der Waals surface area contributed by atoms with Crippen molar-refractivity contribution in [2.75, 3.05) is 44.3 Å². The van der Waals surface area contributed by atoms with Crippen molar-refractivity contribution >= 4 is 17.4 Å².